The Labute approximate surface area is 145 Å². The lowest BCUT2D eigenvalue weighted by Gasteiger charge is -2.17. The Hall–Kier alpha value is -2.75. The number of methoxy groups -OCH3 is 1. The van der Waals surface area contributed by atoms with Crippen molar-refractivity contribution in [2.45, 2.75) is 12.8 Å². The molecule has 132 valence electrons. The molecular weight excluding hydrogens is 324 g/mol. The number of hydrogen-bond donors (Lipinski definition) is 1. The van der Waals surface area contributed by atoms with Crippen molar-refractivity contribution < 1.29 is 24.2 Å². The third-order valence-electron chi connectivity index (χ3n) is 4.91. The highest BCUT2D eigenvalue weighted by atomic mass is 16.5. The molecule has 1 aliphatic carbocycles. The van der Waals surface area contributed by atoms with Crippen molar-refractivity contribution in [1.29, 1.82) is 5.26 Å². The minimum atomic E-state index is -0.832. The van der Waals surface area contributed by atoms with E-state index < -0.39 is 11.9 Å². The van der Waals surface area contributed by atoms with Gasteiger partial charge in [0.05, 0.1) is 24.7 Å². The number of carboxylic acids is 1. The molecule has 1 heterocycles. The molecular formula is C18H20N2O5. The van der Waals surface area contributed by atoms with Crippen molar-refractivity contribution in [2.24, 2.45) is 17.8 Å². The molecule has 7 nitrogen and oxygen atoms in total. The van der Waals surface area contributed by atoms with Crippen LogP contribution in [0.15, 0.2) is 18.2 Å². The van der Waals surface area contributed by atoms with Crippen molar-refractivity contribution in [3.8, 4) is 17.6 Å². The number of rotatable bonds is 6. The van der Waals surface area contributed by atoms with E-state index in [0.29, 0.717) is 29.5 Å². The van der Waals surface area contributed by atoms with Crippen molar-refractivity contribution in [1.82, 2.24) is 4.90 Å². The first-order chi connectivity index (χ1) is 12.0. The summed E-state index contributed by atoms with van der Waals surface area (Å²) in [6.45, 7) is 0.531. The first-order valence-electron chi connectivity index (χ1n) is 8.25. The number of nitrogens with zero attached hydrogens (tertiary/aromatic N) is 2. The van der Waals surface area contributed by atoms with Crippen molar-refractivity contribution in [2.75, 3.05) is 26.8 Å². The number of ether oxygens (including phenoxy) is 2. The fourth-order valence-electron chi connectivity index (χ4n) is 3.38. The Morgan fingerprint density at radius 1 is 1.32 bits per heavy atom. The van der Waals surface area contributed by atoms with Gasteiger partial charge in [-0.05, 0) is 36.8 Å². The normalized spacial score (nSPS) is 22.3. The summed E-state index contributed by atoms with van der Waals surface area (Å²) in [5.41, 5.74) is 0.437. The van der Waals surface area contributed by atoms with Crippen molar-refractivity contribution >= 4 is 11.9 Å². The van der Waals surface area contributed by atoms with E-state index in [-0.39, 0.29) is 25.0 Å². The molecule has 25 heavy (non-hydrogen) atoms. The van der Waals surface area contributed by atoms with Gasteiger partial charge in [-0.3, -0.25) is 9.59 Å². The molecule has 1 N–H and O–H groups in total. The summed E-state index contributed by atoms with van der Waals surface area (Å²) < 4.78 is 10.7. The summed E-state index contributed by atoms with van der Waals surface area (Å²) in [6, 6.07) is 6.72. The Balaban J connectivity index is 1.61. The molecule has 1 aliphatic heterocycles. The number of likely N-dealkylation sites (tertiary alicyclic amines) is 1. The summed E-state index contributed by atoms with van der Waals surface area (Å²) >= 11 is 0. The number of hydrogen-bond acceptors (Lipinski definition) is 5. The van der Waals surface area contributed by atoms with Gasteiger partial charge in [-0.25, -0.2) is 0 Å². The van der Waals surface area contributed by atoms with Gasteiger partial charge in [0.2, 0.25) is 0 Å². The molecule has 1 aromatic rings. The highest BCUT2D eigenvalue weighted by Crippen LogP contribution is 2.44. The first kappa shape index (κ1) is 17.1. The van der Waals surface area contributed by atoms with Gasteiger partial charge in [0.25, 0.3) is 5.91 Å². The van der Waals surface area contributed by atoms with E-state index in [1.54, 1.807) is 23.1 Å². The Kier molecular flexibility index (Phi) is 4.79. The third kappa shape index (κ3) is 3.68. The molecule has 7 heteroatoms. The van der Waals surface area contributed by atoms with Crippen molar-refractivity contribution in [3.63, 3.8) is 0 Å². The summed E-state index contributed by atoms with van der Waals surface area (Å²) in [6.07, 6.45) is 2.10. The van der Waals surface area contributed by atoms with E-state index >= 15 is 0 Å². The van der Waals surface area contributed by atoms with Crippen LogP contribution in [0.4, 0.5) is 0 Å². The van der Waals surface area contributed by atoms with Crippen molar-refractivity contribution in [3.05, 3.63) is 23.8 Å². The van der Waals surface area contributed by atoms with Crippen LogP contribution < -0.4 is 9.47 Å². The highest BCUT2D eigenvalue weighted by molar-refractivity contribution is 5.80. The number of carbonyl (C=O) groups is 2. The van der Waals surface area contributed by atoms with E-state index in [9.17, 15) is 14.7 Å². The number of aliphatic carboxylic acids is 1. The number of carboxylic acid groups (broad SMARTS) is 1. The number of benzene rings is 1. The van der Waals surface area contributed by atoms with Crippen LogP contribution in [0.5, 0.6) is 11.5 Å². The molecule has 2 atom stereocenters. The van der Waals surface area contributed by atoms with E-state index in [0.717, 1.165) is 12.8 Å². The molecule has 0 unspecified atom stereocenters. The van der Waals surface area contributed by atoms with Gasteiger partial charge in [-0.2, -0.15) is 5.26 Å². The zero-order chi connectivity index (χ0) is 18.0. The standard InChI is InChI=1S/C18H20N2O5/c1-24-16-6-11(7-19)2-5-15(16)25-10-17(21)20-8-13(12-3-4-12)14(9-20)18(22)23/h2,5-6,12-14H,3-4,8-10H2,1H3,(H,22,23)/t13-,14+/m1/s1. The molecule has 3 rings (SSSR count). The number of carbonyl (C=O) groups excluding carboxylic acids is 1. The van der Waals surface area contributed by atoms with Gasteiger partial charge in [0, 0.05) is 19.2 Å². The van der Waals surface area contributed by atoms with Gasteiger partial charge < -0.3 is 19.5 Å². The molecule has 2 fully saturated rings. The minimum absolute atomic E-state index is 0.0471. The number of amides is 1. The van der Waals surface area contributed by atoms with Crippen LogP contribution in [0.1, 0.15) is 18.4 Å². The second-order valence-corrected chi connectivity index (χ2v) is 6.51. The number of nitriles is 1. The zero-order valence-electron chi connectivity index (χ0n) is 14.0. The van der Waals surface area contributed by atoms with Gasteiger partial charge in [0.1, 0.15) is 0 Å². The van der Waals surface area contributed by atoms with Crippen LogP contribution in [0.25, 0.3) is 0 Å². The summed E-state index contributed by atoms with van der Waals surface area (Å²) in [5.74, 6) is -0.317. The SMILES string of the molecule is COc1cc(C#N)ccc1OCC(=O)N1C[C@H](C(=O)O)[C@@H](C2CC2)C1. The lowest BCUT2D eigenvalue weighted by Crippen LogP contribution is -2.34. The molecule has 0 aromatic heterocycles. The van der Waals surface area contributed by atoms with Gasteiger partial charge in [-0.1, -0.05) is 0 Å². The molecule has 1 aromatic carbocycles. The lowest BCUT2D eigenvalue weighted by molar-refractivity contribution is -0.142. The van der Waals surface area contributed by atoms with Gasteiger partial charge in [-0.15, -0.1) is 0 Å². The van der Waals surface area contributed by atoms with Gasteiger partial charge in [0.15, 0.2) is 18.1 Å². The fraction of sp³-hybridized carbons (Fsp3) is 0.500. The second-order valence-electron chi connectivity index (χ2n) is 6.51. The second kappa shape index (κ2) is 7.01. The maximum Gasteiger partial charge on any atom is 0.308 e. The minimum Gasteiger partial charge on any atom is -0.493 e. The smallest absolute Gasteiger partial charge is 0.308 e. The molecule has 0 radical (unpaired) electrons. The monoisotopic (exact) mass is 344 g/mol. The molecule has 2 aliphatic rings. The highest BCUT2D eigenvalue weighted by Gasteiger charge is 2.46. The topological polar surface area (TPSA) is 99.9 Å². The first-order valence-corrected chi connectivity index (χ1v) is 8.25. The van der Waals surface area contributed by atoms with E-state index in [2.05, 4.69) is 0 Å². The van der Waals surface area contributed by atoms with Crippen LogP contribution >= 0.6 is 0 Å². The largest absolute Gasteiger partial charge is 0.493 e. The summed E-state index contributed by atoms with van der Waals surface area (Å²) in [5, 5.41) is 18.3. The summed E-state index contributed by atoms with van der Waals surface area (Å²) in [4.78, 5) is 25.4. The zero-order valence-corrected chi connectivity index (χ0v) is 14.0. The van der Waals surface area contributed by atoms with E-state index in [1.807, 2.05) is 6.07 Å². The van der Waals surface area contributed by atoms with E-state index in [4.69, 9.17) is 14.7 Å². The average Bonchev–Trinajstić information content (AvgIpc) is 3.37. The predicted octanol–water partition coefficient (Wildman–Crippen LogP) is 1.51. The Morgan fingerprint density at radius 2 is 2.08 bits per heavy atom. The molecule has 0 bridgehead atoms. The molecule has 1 saturated heterocycles. The van der Waals surface area contributed by atoms with Gasteiger partial charge >= 0.3 is 5.97 Å². The Bertz CT molecular complexity index is 723. The Morgan fingerprint density at radius 3 is 2.68 bits per heavy atom. The summed E-state index contributed by atoms with van der Waals surface area (Å²) in [7, 11) is 1.46. The average molecular weight is 344 g/mol. The predicted molar refractivity (Wildman–Crippen MR) is 87.1 cm³/mol. The molecule has 0 spiro atoms. The van der Waals surface area contributed by atoms with Crippen LogP contribution in [0.3, 0.4) is 0 Å². The molecule has 1 saturated carbocycles. The van der Waals surface area contributed by atoms with Crippen LogP contribution in [-0.2, 0) is 9.59 Å². The maximum absolute atomic E-state index is 12.4. The quantitative estimate of drug-likeness (QED) is 0.840. The maximum atomic E-state index is 12.4. The van der Waals surface area contributed by atoms with Crippen LogP contribution in [0.2, 0.25) is 0 Å². The van der Waals surface area contributed by atoms with Crippen LogP contribution in [0, 0.1) is 29.1 Å². The van der Waals surface area contributed by atoms with Crippen LogP contribution in [-0.4, -0.2) is 48.7 Å². The third-order valence-corrected chi connectivity index (χ3v) is 4.91. The fourth-order valence-corrected chi connectivity index (χ4v) is 3.38. The van der Waals surface area contributed by atoms with E-state index in [1.165, 1.54) is 7.11 Å². The molecule has 1 amide bonds. The lowest BCUT2D eigenvalue weighted by atomic mass is 9.92.